The van der Waals surface area contributed by atoms with Crippen LogP contribution in [0.1, 0.15) is 52.5 Å². The van der Waals surface area contributed by atoms with Crippen molar-refractivity contribution in [3.05, 3.63) is 95.6 Å². The van der Waals surface area contributed by atoms with Crippen molar-refractivity contribution in [1.82, 2.24) is 10.6 Å². The molecule has 3 aromatic rings. The minimum Gasteiger partial charge on any atom is -0.494 e. The van der Waals surface area contributed by atoms with Gasteiger partial charge in [0, 0.05) is 23.4 Å². The first kappa shape index (κ1) is 24.9. The molecular formula is C27H29N3O3S. The average Bonchev–Trinajstić information content (AvgIpc) is 2.86. The van der Waals surface area contributed by atoms with Crippen molar-refractivity contribution in [3.8, 4) is 5.75 Å². The predicted octanol–water partition coefficient (Wildman–Crippen LogP) is 5.31. The lowest BCUT2D eigenvalue weighted by molar-refractivity contribution is 0.0948. The standard InChI is InChI=1S/C27H29N3O3S/c1-2-3-7-17-33-24-15-13-21(14-16-24)26(32)30-27(34)29-23-12-8-11-22(18-23)25(31)28-19-20-9-5-4-6-10-20/h4-6,8-16,18H,2-3,7,17,19H2,1H3,(H,28,31)(H2,29,30,32,34). The molecule has 0 atom stereocenters. The van der Waals surface area contributed by atoms with E-state index in [-0.39, 0.29) is 16.9 Å². The molecule has 0 unspecified atom stereocenters. The molecule has 0 aliphatic carbocycles. The van der Waals surface area contributed by atoms with Crippen LogP contribution in [0.2, 0.25) is 0 Å². The third-order valence-electron chi connectivity index (χ3n) is 5.04. The lowest BCUT2D eigenvalue weighted by atomic mass is 10.1. The predicted molar refractivity (Wildman–Crippen MR) is 139 cm³/mol. The number of benzene rings is 3. The molecule has 0 heterocycles. The molecule has 3 N–H and O–H groups in total. The summed E-state index contributed by atoms with van der Waals surface area (Å²) in [6.45, 7) is 3.25. The molecule has 0 aliphatic heterocycles. The maximum atomic E-state index is 12.5. The molecule has 0 saturated heterocycles. The van der Waals surface area contributed by atoms with E-state index in [0.29, 0.717) is 30.0 Å². The Morgan fingerprint density at radius 3 is 2.35 bits per heavy atom. The molecule has 0 bridgehead atoms. The summed E-state index contributed by atoms with van der Waals surface area (Å²) in [7, 11) is 0. The molecule has 0 aliphatic rings. The van der Waals surface area contributed by atoms with Gasteiger partial charge in [-0.15, -0.1) is 0 Å². The van der Waals surface area contributed by atoms with Crippen molar-refractivity contribution in [2.75, 3.05) is 11.9 Å². The van der Waals surface area contributed by atoms with E-state index in [4.69, 9.17) is 17.0 Å². The van der Waals surface area contributed by atoms with Crippen LogP contribution in [-0.4, -0.2) is 23.5 Å². The normalized spacial score (nSPS) is 10.3. The molecule has 2 amide bonds. The number of carbonyl (C=O) groups excluding carboxylic acids is 2. The van der Waals surface area contributed by atoms with Gasteiger partial charge in [0.1, 0.15) is 5.75 Å². The van der Waals surface area contributed by atoms with Crippen molar-refractivity contribution in [1.29, 1.82) is 0 Å². The van der Waals surface area contributed by atoms with E-state index < -0.39 is 0 Å². The highest BCUT2D eigenvalue weighted by molar-refractivity contribution is 7.80. The van der Waals surface area contributed by atoms with Gasteiger partial charge in [-0.25, -0.2) is 0 Å². The van der Waals surface area contributed by atoms with Gasteiger partial charge in [0.05, 0.1) is 6.61 Å². The van der Waals surface area contributed by atoms with Crippen LogP contribution >= 0.6 is 12.2 Å². The van der Waals surface area contributed by atoms with E-state index in [1.165, 1.54) is 0 Å². The van der Waals surface area contributed by atoms with Gasteiger partial charge >= 0.3 is 0 Å². The minimum atomic E-state index is -0.327. The van der Waals surface area contributed by atoms with Gasteiger partial charge in [-0.05, 0) is 66.7 Å². The second kappa shape index (κ2) is 13.1. The summed E-state index contributed by atoms with van der Waals surface area (Å²) in [5.41, 5.74) is 2.59. The molecule has 0 saturated carbocycles. The Kier molecular flexibility index (Phi) is 9.61. The third kappa shape index (κ3) is 8.01. The number of amides is 2. The van der Waals surface area contributed by atoms with Crippen molar-refractivity contribution in [2.24, 2.45) is 0 Å². The summed E-state index contributed by atoms with van der Waals surface area (Å²) < 4.78 is 5.67. The van der Waals surface area contributed by atoms with Gasteiger partial charge in [-0.3, -0.25) is 14.9 Å². The second-order valence-electron chi connectivity index (χ2n) is 7.74. The summed E-state index contributed by atoms with van der Waals surface area (Å²) in [6.07, 6.45) is 3.28. The molecule has 0 spiro atoms. The van der Waals surface area contributed by atoms with Gasteiger partial charge in [-0.2, -0.15) is 0 Å². The number of unbranched alkanes of at least 4 members (excludes halogenated alkanes) is 2. The van der Waals surface area contributed by atoms with E-state index in [1.807, 2.05) is 30.3 Å². The fourth-order valence-corrected chi connectivity index (χ4v) is 3.41. The van der Waals surface area contributed by atoms with Crippen LogP contribution in [-0.2, 0) is 6.54 Å². The Balaban J connectivity index is 1.49. The van der Waals surface area contributed by atoms with Crippen LogP contribution in [0.4, 0.5) is 5.69 Å². The maximum Gasteiger partial charge on any atom is 0.257 e. The molecule has 0 fully saturated rings. The van der Waals surface area contributed by atoms with Gasteiger partial charge in [0.15, 0.2) is 5.11 Å². The van der Waals surface area contributed by atoms with Gasteiger partial charge in [0.25, 0.3) is 11.8 Å². The molecule has 34 heavy (non-hydrogen) atoms. The molecule has 6 nitrogen and oxygen atoms in total. The Morgan fingerprint density at radius 2 is 1.62 bits per heavy atom. The minimum absolute atomic E-state index is 0.145. The van der Waals surface area contributed by atoms with Crippen molar-refractivity contribution >= 4 is 34.8 Å². The number of ether oxygens (including phenoxy) is 1. The quantitative estimate of drug-likeness (QED) is 0.273. The van der Waals surface area contributed by atoms with Crippen molar-refractivity contribution < 1.29 is 14.3 Å². The summed E-state index contributed by atoms with van der Waals surface area (Å²) >= 11 is 5.28. The fraction of sp³-hybridized carbons (Fsp3) is 0.222. The number of hydrogen-bond donors (Lipinski definition) is 3. The number of rotatable bonds is 10. The average molecular weight is 476 g/mol. The monoisotopic (exact) mass is 475 g/mol. The first-order valence-corrected chi connectivity index (χ1v) is 11.7. The van der Waals surface area contributed by atoms with Crippen LogP contribution in [0, 0.1) is 0 Å². The molecule has 3 aromatic carbocycles. The zero-order valence-corrected chi connectivity index (χ0v) is 20.0. The zero-order valence-electron chi connectivity index (χ0n) is 19.2. The van der Waals surface area contributed by atoms with Crippen LogP contribution in [0.3, 0.4) is 0 Å². The highest BCUT2D eigenvalue weighted by Gasteiger charge is 2.10. The van der Waals surface area contributed by atoms with Gasteiger partial charge in [0.2, 0.25) is 0 Å². The van der Waals surface area contributed by atoms with E-state index in [1.54, 1.807) is 48.5 Å². The van der Waals surface area contributed by atoms with Crippen LogP contribution in [0.5, 0.6) is 5.75 Å². The largest absolute Gasteiger partial charge is 0.494 e. The molecule has 0 aromatic heterocycles. The summed E-state index contributed by atoms with van der Waals surface area (Å²) in [6, 6.07) is 23.6. The molecule has 176 valence electrons. The molecular weight excluding hydrogens is 446 g/mol. The lowest BCUT2D eigenvalue weighted by Gasteiger charge is -2.11. The molecule has 3 rings (SSSR count). The Morgan fingerprint density at radius 1 is 0.853 bits per heavy atom. The Labute approximate surface area is 205 Å². The number of hydrogen-bond acceptors (Lipinski definition) is 4. The van der Waals surface area contributed by atoms with Gasteiger partial charge < -0.3 is 15.4 Å². The summed E-state index contributed by atoms with van der Waals surface area (Å²) in [5.74, 6) is 0.210. The Bertz CT molecular complexity index is 1100. The highest BCUT2D eigenvalue weighted by Crippen LogP contribution is 2.14. The second-order valence-corrected chi connectivity index (χ2v) is 8.15. The SMILES string of the molecule is CCCCCOc1ccc(C(=O)NC(=S)Nc2cccc(C(=O)NCc3ccccc3)c2)cc1. The van der Waals surface area contributed by atoms with Gasteiger partial charge in [-0.1, -0.05) is 56.2 Å². The highest BCUT2D eigenvalue weighted by atomic mass is 32.1. The number of anilines is 1. The summed E-state index contributed by atoms with van der Waals surface area (Å²) in [4.78, 5) is 25.0. The van der Waals surface area contributed by atoms with E-state index in [2.05, 4.69) is 22.9 Å². The van der Waals surface area contributed by atoms with E-state index in [0.717, 1.165) is 30.6 Å². The maximum absolute atomic E-state index is 12.5. The Hall–Kier alpha value is -3.71. The van der Waals surface area contributed by atoms with Crippen molar-refractivity contribution in [3.63, 3.8) is 0 Å². The van der Waals surface area contributed by atoms with Crippen LogP contribution < -0.4 is 20.7 Å². The number of carbonyl (C=O) groups is 2. The topological polar surface area (TPSA) is 79.5 Å². The number of nitrogens with one attached hydrogen (secondary N) is 3. The first-order valence-electron chi connectivity index (χ1n) is 11.3. The number of thiocarbonyl (C=S) groups is 1. The molecule has 0 radical (unpaired) electrons. The van der Waals surface area contributed by atoms with Crippen molar-refractivity contribution in [2.45, 2.75) is 32.7 Å². The first-order chi connectivity index (χ1) is 16.5. The fourth-order valence-electron chi connectivity index (χ4n) is 3.20. The van der Waals surface area contributed by atoms with E-state index >= 15 is 0 Å². The zero-order chi connectivity index (χ0) is 24.2. The summed E-state index contributed by atoms with van der Waals surface area (Å²) in [5, 5.41) is 8.66. The van der Waals surface area contributed by atoms with E-state index in [9.17, 15) is 9.59 Å². The lowest BCUT2D eigenvalue weighted by Crippen LogP contribution is -2.34. The van der Waals surface area contributed by atoms with Crippen LogP contribution in [0.25, 0.3) is 0 Å². The third-order valence-corrected chi connectivity index (χ3v) is 5.24. The smallest absolute Gasteiger partial charge is 0.257 e. The van der Waals surface area contributed by atoms with Crippen LogP contribution in [0.15, 0.2) is 78.9 Å². The molecule has 7 heteroatoms.